The fourth-order valence-electron chi connectivity index (χ4n) is 2.18. The number of aromatic nitrogens is 2. The maximum atomic E-state index is 6.13. The second-order valence-electron chi connectivity index (χ2n) is 5.14. The van der Waals surface area contributed by atoms with Gasteiger partial charge in [0.25, 0.3) is 0 Å². The van der Waals surface area contributed by atoms with Crippen LogP contribution in [0, 0.1) is 20.8 Å². The molecule has 0 aliphatic heterocycles. The van der Waals surface area contributed by atoms with Gasteiger partial charge in [-0.3, -0.25) is 0 Å². The van der Waals surface area contributed by atoms with Crippen molar-refractivity contribution < 1.29 is 4.74 Å². The highest BCUT2D eigenvalue weighted by Gasteiger charge is 2.15. The zero-order valence-corrected chi connectivity index (χ0v) is 12.9. The van der Waals surface area contributed by atoms with Crippen molar-refractivity contribution in [1.29, 1.82) is 0 Å². The van der Waals surface area contributed by atoms with E-state index in [1.54, 1.807) is 0 Å². The predicted octanol–water partition coefficient (Wildman–Crippen LogP) is 3.25. The minimum atomic E-state index is 0.774. The summed E-state index contributed by atoms with van der Waals surface area (Å²) in [5.41, 5.74) is 4.45. The predicted molar refractivity (Wildman–Crippen MR) is 81.3 cm³/mol. The highest BCUT2D eigenvalue weighted by Crippen LogP contribution is 2.29. The van der Waals surface area contributed by atoms with Crippen molar-refractivity contribution in [3.8, 4) is 11.6 Å². The number of rotatable bonds is 5. The van der Waals surface area contributed by atoms with Crippen molar-refractivity contribution in [3.63, 3.8) is 0 Å². The Morgan fingerprint density at radius 1 is 1.25 bits per heavy atom. The molecule has 0 aliphatic carbocycles. The Morgan fingerprint density at radius 2 is 2.00 bits per heavy atom. The van der Waals surface area contributed by atoms with Gasteiger partial charge in [-0.05, 0) is 44.5 Å². The molecule has 1 aromatic carbocycles. The van der Waals surface area contributed by atoms with Crippen LogP contribution in [0.1, 0.15) is 29.3 Å². The molecule has 2 rings (SSSR count). The third-order valence-corrected chi connectivity index (χ3v) is 3.39. The molecule has 1 N–H and O–H groups in total. The van der Waals surface area contributed by atoms with Crippen molar-refractivity contribution in [2.24, 2.45) is 7.05 Å². The average Bonchev–Trinajstić information content (AvgIpc) is 2.66. The minimum absolute atomic E-state index is 0.774. The minimum Gasteiger partial charge on any atom is -0.439 e. The summed E-state index contributed by atoms with van der Waals surface area (Å²) in [6.45, 7) is 9.94. The van der Waals surface area contributed by atoms with Gasteiger partial charge in [0.2, 0.25) is 5.88 Å². The SMILES string of the molecule is CCNCc1c(C)nn(C)c1Oc1cc(C)ccc1C. The van der Waals surface area contributed by atoms with Crippen LogP contribution in [0.2, 0.25) is 0 Å². The van der Waals surface area contributed by atoms with Crippen LogP contribution in [-0.4, -0.2) is 16.3 Å². The van der Waals surface area contributed by atoms with E-state index < -0.39 is 0 Å². The van der Waals surface area contributed by atoms with Crippen LogP contribution in [0.15, 0.2) is 18.2 Å². The Bertz CT molecular complexity index is 602. The van der Waals surface area contributed by atoms with E-state index in [1.807, 2.05) is 18.7 Å². The molecular formula is C16H23N3O. The van der Waals surface area contributed by atoms with Gasteiger partial charge in [-0.25, -0.2) is 4.68 Å². The molecular weight excluding hydrogens is 250 g/mol. The molecule has 0 atom stereocenters. The number of benzene rings is 1. The zero-order valence-electron chi connectivity index (χ0n) is 12.9. The highest BCUT2D eigenvalue weighted by atomic mass is 16.5. The molecule has 4 nitrogen and oxygen atoms in total. The Balaban J connectivity index is 2.35. The lowest BCUT2D eigenvalue weighted by Crippen LogP contribution is -2.13. The van der Waals surface area contributed by atoms with Crippen LogP contribution in [-0.2, 0) is 13.6 Å². The summed E-state index contributed by atoms with van der Waals surface area (Å²) >= 11 is 0. The Kier molecular flexibility index (Phi) is 4.45. The standard InChI is InChI=1S/C16H23N3O/c1-6-17-10-14-13(4)18-19(5)16(14)20-15-9-11(2)7-8-12(15)3/h7-9,17H,6,10H2,1-5H3. The van der Waals surface area contributed by atoms with E-state index in [0.29, 0.717) is 0 Å². The van der Waals surface area contributed by atoms with Gasteiger partial charge in [0, 0.05) is 13.6 Å². The molecule has 0 radical (unpaired) electrons. The van der Waals surface area contributed by atoms with E-state index in [2.05, 4.69) is 49.4 Å². The van der Waals surface area contributed by atoms with E-state index in [1.165, 1.54) is 5.56 Å². The Hall–Kier alpha value is -1.81. The molecule has 1 heterocycles. The number of hydrogen-bond acceptors (Lipinski definition) is 3. The molecule has 0 saturated heterocycles. The number of ether oxygens (including phenoxy) is 1. The third kappa shape index (κ3) is 3.02. The van der Waals surface area contributed by atoms with E-state index >= 15 is 0 Å². The van der Waals surface area contributed by atoms with Gasteiger partial charge in [0.05, 0.1) is 11.3 Å². The van der Waals surface area contributed by atoms with Crippen molar-refractivity contribution >= 4 is 0 Å². The van der Waals surface area contributed by atoms with Gasteiger partial charge in [0.15, 0.2) is 0 Å². The molecule has 0 spiro atoms. The molecule has 20 heavy (non-hydrogen) atoms. The highest BCUT2D eigenvalue weighted by molar-refractivity contribution is 5.41. The molecule has 4 heteroatoms. The van der Waals surface area contributed by atoms with Crippen molar-refractivity contribution in [3.05, 3.63) is 40.6 Å². The molecule has 2 aromatic rings. The second-order valence-corrected chi connectivity index (χ2v) is 5.14. The monoisotopic (exact) mass is 273 g/mol. The van der Waals surface area contributed by atoms with Crippen molar-refractivity contribution in [2.45, 2.75) is 34.2 Å². The summed E-state index contributed by atoms with van der Waals surface area (Å²) < 4.78 is 7.94. The summed E-state index contributed by atoms with van der Waals surface area (Å²) in [6.07, 6.45) is 0. The average molecular weight is 273 g/mol. The molecule has 0 amide bonds. The van der Waals surface area contributed by atoms with Crippen LogP contribution in [0.25, 0.3) is 0 Å². The summed E-state index contributed by atoms with van der Waals surface area (Å²) in [7, 11) is 1.92. The first-order chi connectivity index (χ1) is 9.52. The van der Waals surface area contributed by atoms with Crippen LogP contribution < -0.4 is 10.1 Å². The quantitative estimate of drug-likeness (QED) is 0.909. The lowest BCUT2D eigenvalue weighted by atomic mass is 10.1. The van der Waals surface area contributed by atoms with Gasteiger partial charge in [-0.1, -0.05) is 19.1 Å². The first kappa shape index (κ1) is 14.6. The molecule has 1 aromatic heterocycles. The molecule has 0 saturated carbocycles. The third-order valence-electron chi connectivity index (χ3n) is 3.39. The Morgan fingerprint density at radius 3 is 2.70 bits per heavy atom. The van der Waals surface area contributed by atoms with Crippen LogP contribution >= 0.6 is 0 Å². The number of nitrogens with zero attached hydrogens (tertiary/aromatic N) is 2. The second kappa shape index (κ2) is 6.09. The molecule has 0 fully saturated rings. The number of hydrogen-bond donors (Lipinski definition) is 1. The summed E-state index contributed by atoms with van der Waals surface area (Å²) in [5.74, 6) is 1.71. The fraction of sp³-hybridized carbons (Fsp3) is 0.438. The van der Waals surface area contributed by atoms with Crippen molar-refractivity contribution in [2.75, 3.05) is 6.54 Å². The summed E-state index contributed by atoms with van der Waals surface area (Å²) in [6, 6.07) is 6.24. The molecule has 0 aliphatic rings. The molecule has 0 bridgehead atoms. The maximum absolute atomic E-state index is 6.13. The first-order valence-electron chi connectivity index (χ1n) is 7.01. The van der Waals surface area contributed by atoms with Gasteiger partial charge < -0.3 is 10.1 Å². The van der Waals surface area contributed by atoms with Gasteiger partial charge in [-0.2, -0.15) is 5.10 Å². The number of nitrogens with one attached hydrogen (secondary N) is 1. The lowest BCUT2D eigenvalue weighted by Gasteiger charge is -2.12. The topological polar surface area (TPSA) is 39.1 Å². The lowest BCUT2D eigenvalue weighted by molar-refractivity contribution is 0.421. The van der Waals surface area contributed by atoms with E-state index in [9.17, 15) is 0 Å². The summed E-state index contributed by atoms with van der Waals surface area (Å²) in [5, 5.41) is 7.80. The fourth-order valence-corrected chi connectivity index (χ4v) is 2.18. The van der Waals surface area contributed by atoms with E-state index in [0.717, 1.165) is 41.5 Å². The molecule has 0 unspecified atom stereocenters. The zero-order chi connectivity index (χ0) is 14.7. The Labute approximate surface area is 120 Å². The van der Waals surface area contributed by atoms with Gasteiger partial charge >= 0.3 is 0 Å². The first-order valence-corrected chi connectivity index (χ1v) is 7.01. The summed E-state index contributed by atoms with van der Waals surface area (Å²) in [4.78, 5) is 0. The largest absolute Gasteiger partial charge is 0.439 e. The van der Waals surface area contributed by atoms with Gasteiger partial charge in [-0.15, -0.1) is 0 Å². The van der Waals surface area contributed by atoms with Crippen molar-refractivity contribution in [1.82, 2.24) is 15.1 Å². The van der Waals surface area contributed by atoms with Crippen LogP contribution in [0.3, 0.4) is 0 Å². The normalized spacial score (nSPS) is 10.8. The van der Waals surface area contributed by atoms with E-state index in [4.69, 9.17) is 4.74 Å². The van der Waals surface area contributed by atoms with E-state index in [-0.39, 0.29) is 0 Å². The van der Waals surface area contributed by atoms with Gasteiger partial charge in [0.1, 0.15) is 5.75 Å². The number of aryl methyl sites for hydroxylation is 4. The smallest absolute Gasteiger partial charge is 0.222 e. The maximum Gasteiger partial charge on any atom is 0.222 e. The molecule has 108 valence electrons. The van der Waals surface area contributed by atoms with Crippen LogP contribution in [0.5, 0.6) is 11.6 Å². The van der Waals surface area contributed by atoms with Crippen LogP contribution in [0.4, 0.5) is 0 Å².